The fourth-order valence-electron chi connectivity index (χ4n) is 8.35. The third-order valence-corrected chi connectivity index (χ3v) is 12.3. The van der Waals surface area contributed by atoms with Crippen molar-refractivity contribution in [3.8, 4) is 0 Å². The quantitative estimate of drug-likeness (QED) is 0.414. The van der Waals surface area contributed by atoms with Gasteiger partial charge in [-0.2, -0.15) is 0 Å². The molecule has 11 nitrogen and oxygen atoms in total. The van der Waals surface area contributed by atoms with Crippen LogP contribution >= 0.6 is 22.9 Å². The van der Waals surface area contributed by atoms with Gasteiger partial charge in [-0.05, 0) is 74.2 Å². The molecule has 13 heteroatoms. The van der Waals surface area contributed by atoms with E-state index in [0.717, 1.165) is 47.6 Å². The van der Waals surface area contributed by atoms with Gasteiger partial charge in [-0.25, -0.2) is 9.59 Å². The number of urea groups is 1. The number of thiophene rings is 1. The van der Waals surface area contributed by atoms with Crippen LogP contribution in [-0.4, -0.2) is 119 Å². The van der Waals surface area contributed by atoms with Crippen molar-refractivity contribution in [1.82, 2.24) is 24.5 Å². The van der Waals surface area contributed by atoms with Crippen LogP contribution in [-0.2, 0) is 28.9 Å². The van der Waals surface area contributed by atoms with E-state index < -0.39 is 12.2 Å². The average molecular weight is 684 g/mol. The molecular formula is C34H46ClN7O4S. The van der Waals surface area contributed by atoms with Gasteiger partial charge in [0.2, 0.25) is 0 Å². The summed E-state index contributed by atoms with van der Waals surface area (Å²) in [6, 6.07) is 7.50. The highest BCUT2D eigenvalue weighted by molar-refractivity contribution is 7.14. The number of nitrogen functional groups attached to an aromatic ring is 1. The van der Waals surface area contributed by atoms with Gasteiger partial charge in [-0.1, -0.05) is 24.6 Å². The van der Waals surface area contributed by atoms with Crippen LogP contribution in [0.4, 0.5) is 20.3 Å². The molecular weight excluding hydrogens is 638 g/mol. The van der Waals surface area contributed by atoms with Crippen molar-refractivity contribution >= 4 is 51.7 Å². The number of nitrogens with zero attached hydrogens (tertiary/aromatic N) is 5. The van der Waals surface area contributed by atoms with Gasteiger partial charge in [-0.3, -0.25) is 15.0 Å². The van der Waals surface area contributed by atoms with Crippen molar-refractivity contribution in [1.29, 1.82) is 0 Å². The zero-order valence-corrected chi connectivity index (χ0v) is 28.9. The van der Waals surface area contributed by atoms with E-state index in [4.69, 9.17) is 22.1 Å². The largest absolute Gasteiger partial charge is 0.436 e. The predicted molar refractivity (Wildman–Crippen MR) is 184 cm³/mol. The van der Waals surface area contributed by atoms with Crippen LogP contribution in [0.3, 0.4) is 0 Å². The van der Waals surface area contributed by atoms with Crippen LogP contribution in [0.1, 0.15) is 55.7 Å². The lowest BCUT2D eigenvalue weighted by Gasteiger charge is -2.42. The second kappa shape index (κ2) is 13.4. The molecule has 47 heavy (non-hydrogen) atoms. The van der Waals surface area contributed by atoms with Crippen molar-refractivity contribution in [3.63, 3.8) is 0 Å². The molecule has 4 saturated heterocycles. The third kappa shape index (κ3) is 6.54. The molecule has 3 atom stereocenters. The van der Waals surface area contributed by atoms with Crippen molar-refractivity contribution in [3.05, 3.63) is 45.3 Å². The lowest BCUT2D eigenvalue weighted by molar-refractivity contribution is -0.142. The Morgan fingerprint density at radius 3 is 2.45 bits per heavy atom. The Labute approximate surface area is 285 Å². The first-order valence-corrected chi connectivity index (χ1v) is 18.3. The maximum absolute atomic E-state index is 14.1. The summed E-state index contributed by atoms with van der Waals surface area (Å²) in [5.74, 6) is -0.156. The zero-order chi connectivity index (χ0) is 32.8. The Bertz CT molecular complexity index is 1500. The van der Waals surface area contributed by atoms with E-state index in [-0.39, 0.29) is 24.4 Å². The number of piperazine rings is 1. The summed E-state index contributed by atoms with van der Waals surface area (Å²) >= 11 is 8.02. The van der Waals surface area contributed by atoms with Crippen LogP contribution in [0, 0.1) is 0 Å². The van der Waals surface area contributed by atoms with Crippen molar-refractivity contribution < 1.29 is 19.1 Å². The van der Waals surface area contributed by atoms with Gasteiger partial charge in [0, 0.05) is 75.4 Å². The highest BCUT2D eigenvalue weighted by Gasteiger charge is 2.45. The van der Waals surface area contributed by atoms with Gasteiger partial charge in [0.15, 0.2) is 6.10 Å². The molecule has 4 amide bonds. The van der Waals surface area contributed by atoms with Gasteiger partial charge >= 0.3 is 12.1 Å². The smallest absolute Gasteiger partial charge is 0.410 e. The van der Waals surface area contributed by atoms with Crippen molar-refractivity contribution in [2.75, 3.05) is 57.4 Å². The molecule has 6 heterocycles. The number of carbonyl (C=O) groups is 3. The maximum atomic E-state index is 14.1. The number of nitrogens with two attached hydrogens (primary N) is 1. The number of carbonyl (C=O) groups excluding carboxylic acids is 3. The van der Waals surface area contributed by atoms with Gasteiger partial charge < -0.3 is 30.1 Å². The Morgan fingerprint density at radius 1 is 1.04 bits per heavy atom. The summed E-state index contributed by atoms with van der Waals surface area (Å²) < 4.78 is 6.08. The number of hydrogen-bond donors (Lipinski definition) is 2. The van der Waals surface area contributed by atoms with Crippen LogP contribution < -0.4 is 11.1 Å². The fourth-order valence-corrected chi connectivity index (χ4v) is 9.41. The molecule has 0 aliphatic carbocycles. The second-order valence-electron chi connectivity index (χ2n) is 13.9. The van der Waals surface area contributed by atoms with Crippen molar-refractivity contribution in [2.45, 2.75) is 88.7 Å². The number of halogens is 1. The van der Waals surface area contributed by atoms with E-state index in [1.807, 2.05) is 34.2 Å². The molecule has 1 aromatic carbocycles. The number of piperidine rings is 2. The summed E-state index contributed by atoms with van der Waals surface area (Å²) in [7, 11) is 2.22. The van der Waals surface area contributed by atoms with Gasteiger partial charge in [0.05, 0.1) is 17.3 Å². The number of amides is 4. The minimum atomic E-state index is -0.970. The van der Waals surface area contributed by atoms with Crippen LogP contribution in [0.15, 0.2) is 23.6 Å². The molecule has 0 spiro atoms. The minimum Gasteiger partial charge on any atom is -0.436 e. The lowest BCUT2D eigenvalue weighted by Crippen LogP contribution is -2.55. The van der Waals surface area contributed by atoms with E-state index in [1.165, 1.54) is 17.8 Å². The number of hydrogen-bond acceptors (Lipinski definition) is 8. The molecule has 1 aromatic heterocycles. The average Bonchev–Trinajstić information content (AvgIpc) is 3.81. The minimum absolute atomic E-state index is 0.0291. The summed E-state index contributed by atoms with van der Waals surface area (Å²) in [6.07, 6.45) is 3.87. The molecule has 3 N–H and O–H groups in total. The Kier molecular flexibility index (Phi) is 9.30. The molecule has 0 saturated carbocycles. The molecule has 254 valence electrons. The number of likely N-dealkylation sites (tertiary alicyclic amines) is 4. The Hall–Kier alpha value is -3.06. The first kappa shape index (κ1) is 32.5. The molecule has 5 aliphatic heterocycles. The second-order valence-corrected chi connectivity index (χ2v) is 15.2. The molecule has 2 aromatic rings. The summed E-state index contributed by atoms with van der Waals surface area (Å²) in [5, 5.41) is 6.34. The molecule has 0 radical (unpaired) electrons. The SMILES string of the molecule is CCc1cc(C[C@@H](OC(=O)N2CCC(N3Cc4ccsc4NC3=O)CC2)C(=O)N2CCC(N3CC4CC3CN4C)CC2)cc(Cl)c1N. The van der Waals surface area contributed by atoms with Crippen LogP contribution in [0.2, 0.25) is 5.02 Å². The van der Waals surface area contributed by atoms with E-state index in [0.29, 0.717) is 80.8 Å². The number of rotatable bonds is 7. The highest BCUT2D eigenvalue weighted by Crippen LogP contribution is 2.35. The zero-order valence-electron chi connectivity index (χ0n) is 27.3. The molecule has 4 fully saturated rings. The molecule has 2 bridgehead atoms. The summed E-state index contributed by atoms with van der Waals surface area (Å²) in [4.78, 5) is 51.1. The first-order valence-electron chi connectivity index (χ1n) is 17.1. The standard InChI is InChI=1S/C34H46ClN7O4S/c1-3-22-14-21(15-28(35)30(22)36)16-29(32(43)39-9-4-24(5-10-39)41-20-26-17-27(41)19-38(26)2)46-34(45)40-11-6-25(7-12-40)42-18-23-8-13-47-31(23)37-33(42)44/h8,13-15,24-27,29H,3-7,9-12,16-20,36H2,1-2H3,(H,37,44)/t26?,27?,29-/m1/s1. The van der Waals surface area contributed by atoms with E-state index in [9.17, 15) is 14.4 Å². The van der Waals surface area contributed by atoms with Crippen molar-refractivity contribution in [2.24, 2.45) is 0 Å². The maximum Gasteiger partial charge on any atom is 0.410 e. The van der Waals surface area contributed by atoms with Gasteiger partial charge in [0.1, 0.15) is 5.00 Å². The van der Waals surface area contributed by atoms with Gasteiger partial charge in [-0.15, -0.1) is 11.3 Å². The van der Waals surface area contributed by atoms with E-state index in [2.05, 4.69) is 22.2 Å². The fraction of sp³-hybridized carbons (Fsp3) is 0.618. The molecule has 7 rings (SSSR count). The lowest BCUT2D eigenvalue weighted by atomic mass is 9.99. The number of likely N-dealkylation sites (N-methyl/N-ethyl adjacent to an activating group) is 1. The number of nitrogens with one attached hydrogen (secondary N) is 1. The van der Waals surface area contributed by atoms with E-state index in [1.54, 1.807) is 11.0 Å². The first-order chi connectivity index (χ1) is 22.7. The van der Waals surface area contributed by atoms with Gasteiger partial charge in [0.25, 0.3) is 5.91 Å². The molecule has 2 unspecified atom stereocenters. The summed E-state index contributed by atoms with van der Waals surface area (Å²) in [5.41, 5.74) is 9.60. The number of ether oxygens (including phenoxy) is 1. The highest BCUT2D eigenvalue weighted by atomic mass is 35.5. The monoisotopic (exact) mass is 683 g/mol. The number of benzene rings is 1. The van der Waals surface area contributed by atoms with E-state index >= 15 is 0 Å². The number of anilines is 2. The molecule has 5 aliphatic rings. The number of fused-ring (bicyclic) bond motifs is 3. The summed E-state index contributed by atoms with van der Waals surface area (Å²) in [6.45, 7) is 7.05. The Balaban J connectivity index is 1.00. The normalized spacial score (nSPS) is 24.8. The van der Waals surface area contributed by atoms with Crippen LogP contribution in [0.5, 0.6) is 0 Å². The number of aryl methyl sites for hydroxylation is 1. The third-order valence-electron chi connectivity index (χ3n) is 11.1. The predicted octanol–water partition coefficient (Wildman–Crippen LogP) is 4.49. The van der Waals surface area contributed by atoms with Crippen LogP contribution in [0.25, 0.3) is 0 Å². The topological polar surface area (TPSA) is 115 Å². The Morgan fingerprint density at radius 2 is 1.77 bits per heavy atom.